The summed E-state index contributed by atoms with van der Waals surface area (Å²) in [7, 11) is 0. The summed E-state index contributed by atoms with van der Waals surface area (Å²) >= 11 is 3.38. The molecule has 0 amide bonds. The normalized spacial score (nSPS) is 11.4. The Hall–Kier alpha value is -2.48. The minimum absolute atomic E-state index is 0.617. The molecule has 0 radical (unpaired) electrons. The van der Waals surface area contributed by atoms with Crippen molar-refractivity contribution >= 4 is 38.4 Å². The average Bonchev–Trinajstić information content (AvgIpc) is 3.06. The molecule has 8 heteroatoms. The topological polar surface area (TPSA) is 97.8 Å². The van der Waals surface area contributed by atoms with Gasteiger partial charge in [-0.15, -0.1) is 10.2 Å². The Morgan fingerprint density at radius 1 is 1.20 bits per heavy atom. The molecule has 20 heavy (non-hydrogen) atoms. The molecule has 0 saturated carbocycles. The molecule has 98 valence electrons. The Morgan fingerprint density at radius 2 is 2.10 bits per heavy atom. The molecule has 4 aromatic rings. The molecule has 0 atom stereocenters. The molecule has 7 nitrogen and oxygen atoms in total. The predicted molar refractivity (Wildman–Crippen MR) is 78.0 cm³/mol. The van der Waals surface area contributed by atoms with E-state index in [1.807, 2.05) is 22.6 Å². The lowest BCUT2D eigenvalue weighted by atomic mass is 10.2. The number of benzene rings is 1. The van der Waals surface area contributed by atoms with E-state index in [-0.39, 0.29) is 0 Å². The lowest BCUT2D eigenvalue weighted by Gasteiger charge is -2.02. The van der Waals surface area contributed by atoms with E-state index in [9.17, 15) is 0 Å². The van der Waals surface area contributed by atoms with Crippen molar-refractivity contribution in [1.82, 2.24) is 29.5 Å². The molecule has 0 aliphatic rings. The van der Waals surface area contributed by atoms with Crippen molar-refractivity contribution in [2.24, 2.45) is 0 Å². The van der Waals surface area contributed by atoms with E-state index in [1.165, 1.54) is 0 Å². The van der Waals surface area contributed by atoms with Crippen LogP contribution in [0.3, 0.4) is 0 Å². The minimum Gasteiger partial charge on any atom is -0.398 e. The Morgan fingerprint density at radius 3 is 2.95 bits per heavy atom. The summed E-state index contributed by atoms with van der Waals surface area (Å²) in [6, 6.07) is 5.65. The van der Waals surface area contributed by atoms with Gasteiger partial charge in [0.25, 0.3) is 0 Å². The Balaban J connectivity index is 2.02. The molecule has 4 rings (SSSR count). The number of H-pyrrole nitrogens is 1. The predicted octanol–water partition coefficient (Wildman–Crippen LogP) is 2.01. The van der Waals surface area contributed by atoms with Crippen LogP contribution in [0.2, 0.25) is 0 Å². The maximum Gasteiger partial charge on any atom is 0.190 e. The number of nitrogens with zero attached hydrogens (tertiary/aromatic N) is 5. The highest BCUT2D eigenvalue weighted by atomic mass is 79.9. The molecule has 0 fully saturated rings. The van der Waals surface area contributed by atoms with Crippen LogP contribution in [0.5, 0.6) is 0 Å². The van der Waals surface area contributed by atoms with Crippen molar-refractivity contribution in [3.8, 4) is 11.4 Å². The first-order valence-electron chi connectivity index (χ1n) is 5.82. The second-order valence-corrected chi connectivity index (χ2v) is 5.15. The standard InChI is InChI=1S/C12H8BrN7/c13-7-2-1-6(3-8(7)14)11-18-19-12-9-10(16-4-15-9)17-5-20(11)12/h1-5H,14H2,(H,15,16). The minimum atomic E-state index is 0.617. The first-order chi connectivity index (χ1) is 9.74. The van der Waals surface area contributed by atoms with Crippen LogP contribution in [0.15, 0.2) is 35.3 Å². The lowest BCUT2D eigenvalue weighted by Crippen LogP contribution is -1.94. The Kier molecular flexibility index (Phi) is 2.27. The summed E-state index contributed by atoms with van der Waals surface area (Å²) in [5.74, 6) is 0.684. The van der Waals surface area contributed by atoms with Crippen molar-refractivity contribution in [3.05, 3.63) is 35.3 Å². The maximum atomic E-state index is 5.91. The second-order valence-electron chi connectivity index (χ2n) is 4.30. The fourth-order valence-electron chi connectivity index (χ4n) is 2.11. The highest BCUT2D eigenvalue weighted by molar-refractivity contribution is 9.10. The average molecular weight is 330 g/mol. The van der Waals surface area contributed by atoms with Crippen LogP contribution in [-0.2, 0) is 0 Å². The number of nitrogens with two attached hydrogens (primary N) is 1. The zero-order chi connectivity index (χ0) is 13.7. The van der Waals surface area contributed by atoms with Crippen LogP contribution < -0.4 is 5.73 Å². The van der Waals surface area contributed by atoms with Gasteiger partial charge in [0, 0.05) is 15.7 Å². The zero-order valence-corrected chi connectivity index (χ0v) is 11.7. The number of aromatic amines is 1. The monoisotopic (exact) mass is 329 g/mol. The summed E-state index contributed by atoms with van der Waals surface area (Å²) in [5.41, 5.74) is 9.49. The first-order valence-corrected chi connectivity index (χ1v) is 6.61. The van der Waals surface area contributed by atoms with Gasteiger partial charge >= 0.3 is 0 Å². The molecule has 3 heterocycles. The third-order valence-corrected chi connectivity index (χ3v) is 3.81. The summed E-state index contributed by atoms with van der Waals surface area (Å²) < 4.78 is 2.66. The largest absolute Gasteiger partial charge is 0.398 e. The number of hydrogen-bond acceptors (Lipinski definition) is 5. The van der Waals surface area contributed by atoms with Crippen molar-refractivity contribution in [2.75, 3.05) is 5.73 Å². The molecule has 3 N–H and O–H groups in total. The highest BCUT2D eigenvalue weighted by Crippen LogP contribution is 2.27. The zero-order valence-electron chi connectivity index (χ0n) is 10.1. The van der Waals surface area contributed by atoms with Crippen molar-refractivity contribution in [2.45, 2.75) is 0 Å². The quantitative estimate of drug-likeness (QED) is 0.520. The molecule has 0 spiro atoms. The fraction of sp³-hybridized carbons (Fsp3) is 0. The molecule has 0 bridgehead atoms. The lowest BCUT2D eigenvalue weighted by molar-refractivity contribution is 1.09. The summed E-state index contributed by atoms with van der Waals surface area (Å²) in [6.45, 7) is 0. The van der Waals surface area contributed by atoms with Crippen LogP contribution in [0.4, 0.5) is 5.69 Å². The molecule has 3 aromatic heterocycles. The van der Waals surface area contributed by atoms with Crippen molar-refractivity contribution in [3.63, 3.8) is 0 Å². The third kappa shape index (κ3) is 1.51. The van der Waals surface area contributed by atoms with E-state index in [2.05, 4.69) is 41.1 Å². The number of rotatable bonds is 1. The molecule has 0 aliphatic carbocycles. The van der Waals surface area contributed by atoms with E-state index in [1.54, 1.807) is 12.7 Å². The van der Waals surface area contributed by atoms with Crippen LogP contribution in [0, 0.1) is 0 Å². The van der Waals surface area contributed by atoms with Gasteiger partial charge in [0.05, 0.1) is 6.33 Å². The van der Waals surface area contributed by atoms with E-state index in [0.717, 1.165) is 15.6 Å². The van der Waals surface area contributed by atoms with Gasteiger partial charge in [-0.3, -0.25) is 4.40 Å². The molecular weight excluding hydrogens is 322 g/mol. The van der Waals surface area contributed by atoms with Gasteiger partial charge in [-0.25, -0.2) is 9.97 Å². The number of aromatic nitrogens is 6. The number of nitrogens with one attached hydrogen (secondary N) is 1. The number of nitrogen functional groups attached to an aromatic ring is 1. The van der Waals surface area contributed by atoms with E-state index in [0.29, 0.717) is 22.8 Å². The number of hydrogen-bond donors (Lipinski definition) is 2. The van der Waals surface area contributed by atoms with Crippen LogP contribution in [-0.4, -0.2) is 29.5 Å². The number of halogens is 1. The van der Waals surface area contributed by atoms with Gasteiger partial charge in [-0.1, -0.05) is 0 Å². The number of imidazole rings is 1. The molecule has 0 aliphatic heterocycles. The van der Waals surface area contributed by atoms with Gasteiger partial charge in [0.1, 0.15) is 11.8 Å². The number of anilines is 1. The number of fused-ring (bicyclic) bond motifs is 3. The molecular formula is C12H8BrN7. The molecule has 1 aromatic carbocycles. The van der Waals surface area contributed by atoms with Crippen LogP contribution in [0.25, 0.3) is 28.2 Å². The van der Waals surface area contributed by atoms with E-state index in [4.69, 9.17) is 5.73 Å². The summed E-state index contributed by atoms with van der Waals surface area (Å²) in [6.07, 6.45) is 3.25. The van der Waals surface area contributed by atoms with Crippen molar-refractivity contribution < 1.29 is 0 Å². The Labute approximate surface area is 121 Å². The van der Waals surface area contributed by atoms with E-state index < -0.39 is 0 Å². The summed E-state index contributed by atoms with van der Waals surface area (Å²) in [5, 5.41) is 8.42. The highest BCUT2D eigenvalue weighted by Gasteiger charge is 2.13. The van der Waals surface area contributed by atoms with Gasteiger partial charge in [0.15, 0.2) is 17.1 Å². The van der Waals surface area contributed by atoms with Crippen molar-refractivity contribution in [1.29, 1.82) is 0 Å². The van der Waals surface area contributed by atoms with Crippen LogP contribution >= 0.6 is 15.9 Å². The smallest absolute Gasteiger partial charge is 0.190 e. The van der Waals surface area contributed by atoms with Gasteiger partial charge in [-0.2, -0.15) is 0 Å². The van der Waals surface area contributed by atoms with Gasteiger partial charge in [0.2, 0.25) is 0 Å². The SMILES string of the molecule is Nc1cc(-c2nnc3c4[nH]cnc4ncn23)ccc1Br. The fourth-order valence-corrected chi connectivity index (χ4v) is 2.36. The van der Waals surface area contributed by atoms with Crippen LogP contribution in [0.1, 0.15) is 0 Å². The first kappa shape index (κ1) is 11.4. The van der Waals surface area contributed by atoms with Gasteiger partial charge < -0.3 is 10.7 Å². The van der Waals surface area contributed by atoms with Gasteiger partial charge in [-0.05, 0) is 34.1 Å². The Bertz CT molecular complexity index is 939. The molecule has 0 unspecified atom stereocenters. The third-order valence-electron chi connectivity index (χ3n) is 3.09. The molecule has 0 saturated heterocycles. The van der Waals surface area contributed by atoms with E-state index >= 15 is 0 Å². The maximum absolute atomic E-state index is 5.91. The second kappa shape index (κ2) is 4.01. The summed E-state index contributed by atoms with van der Waals surface area (Å²) in [4.78, 5) is 11.4.